The second kappa shape index (κ2) is 8.57. The molecular weight excluding hydrogens is 308 g/mol. The van der Waals surface area contributed by atoms with E-state index in [9.17, 15) is 14.4 Å². The molecule has 0 saturated heterocycles. The van der Waals surface area contributed by atoms with Crippen LogP contribution in [0.2, 0.25) is 0 Å². The second-order valence-corrected chi connectivity index (χ2v) is 5.12. The van der Waals surface area contributed by atoms with Crippen molar-refractivity contribution in [1.29, 1.82) is 0 Å². The molecule has 0 atom stereocenters. The standard InChI is InChI=1S/C18H18N2O4/c1-2-4-17(22)20-15-8-6-13(7-9-15)16(21)12-24-18(23)14-5-3-10-19-11-14/h3,5-11H,2,4,12H2,1H3,(H,20,22). The van der Waals surface area contributed by atoms with Crippen molar-refractivity contribution < 1.29 is 19.1 Å². The number of nitrogens with one attached hydrogen (secondary N) is 1. The highest BCUT2D eigenvalue weighted by Gasteiger charge is 2.12. The molecule has 6 nitrogen and oxygen atoms in total. The fraction of sp³-hybridized carbons (Fsp3) is 0.222. The lowest BCUT2D eigenvalue weighted by molar-refractivity contribution is -0.116. The van der Waals surface area contributed by atoms with Crippen molar-refractivity contribution >= 4 is 23.3 Å². The van der Waals surface area contributed by atoms with E-state index in [4.69, 9.17) is 4.74 Å². The first-order valence-corrected chi connectivity index (χ1v) is 7.60. The maximum Gasteiger partial charge on any atom is 0.340 e. The first-order valence-electron chi connectivity index (χ1n) is 7.60. The summed E-state index contributed by atoms with van der Waals surface area (Å²) in [4.78, 5) is 39.1. The van der Waals surface area contributed by atoms with Crippen LogP contribution < -0.4 is 5.32 Å². The van der Waals surface area contributed by atoms with Gasteiger partial charge in [0.25, 0.3) is 0 Å². The molecule has 0 aliphatic rings. The maximum absolute atomic E-state index is 12.0. The summed E-state index contributed by atoms with van der Waals surface area (Å²) in [6.07, 6.45) is 4.14. The lowest BCUT2D eigenvalue weighted by Gasteiger charge is -2.06. The number of ketones is 1. The number of amides is 1. The number of rotatable bonds is 7. The van der Waals surface area contributed by atoms with E-state index in [0.717, 1.165) is 6.42 Å². The van der Waals surface area contributed by atoms with Crippen LogP contribution >= 0.6 is 0 Å². The molecule has 2 rings (SSSR count). The lowest BCUT2D eigenvalue weighted by Crippen LogP contribution is -2.15. The van der Waals surface area contributed by atoms with Gasteiger partial charge in [0.05, 0.1) is 5.56 Å². The topological polar surface area (TPSA) is 85.4 Å². The zero-order valence-electron chi connectivity index (χ0n) is 13.3. The highest BCUT2D eigenvalue weighted by molar-refractivity contribution is 6.00. The average Bonchev–Trinajstić information content (AvgIpc) is 2.61. The molecule has 1 amide bonds. The van der Waals surface area contributed by atoms with Crippen LogP contribution in [0.3, 0.4) is 0 Å². The van der Waals surface area contributed by atoms with Crippen LogP contribution in [0.15, 0.2) is 48.8 Å². The average molecular weight is 326 g/mol. The Balaban J connectivity index is 1.88. The van der Waals surface area contributed by atoms with E-state index in [1.165, 1.54) is 6.20 Å². The highest BCUT2D eigenvalue weighted by Crippen LogP contribution is 2.11. The Bertz CT molecular complexity index is 712. The Labute approximate surface area is 139 Å². The normalized spacial score (nSPS) is 10.0. The number of pyridine rings is 1. The predicted octanol–water partition coefficient (Wildman–Crippen LogP) is 2.86. The number of carbonyl (C=O) groups excluding carboxylic acids is 3. The van der Waals surface area contributed by atoms with E-state index >= 15 is 0 Å². The highest BCUT2D eigenvalue weighted by atomic mass is 16.5. The van der Waals surface area contributed by atoms with Crippen LogP contribution in [0.25, 0.3) is 0 Å². The summed E-state index contributed by atoms with van der Waals surface area (Å²) in [5.74, 6) is -0.986. The van der Waals surface area contributed by atoms with Crippen molar-refractivity contribution in [3.8, 4) is 0 Å². The lowest BCUT2D eigenvalue weighted by atomic mass is 10.1. The van der Waals surface area contributed by atoms with Crippen molar-refractivity contribution in [3.63, 3.8) is 0 Å². The van der Waals surface area contributed by atoms with Crippen molar-refractivity contribution in [1.82, 2.24) is 4.98 Å². The third-order valence-electron chi connectivity index (χ3n) is 3.20. The summed E-state index contributed by atoms with van der Waals surface area (Å²) in [6.45, 7) is 1.57. The van der Waals surface area contributed by atoms with Crippen LogP contribution in [0.5, 0.6) is 0 Å². The Morgan fingerprint density at radius 2 is 1.83 bits per heavy atom. The molecule has 0 unspecified atom stereocenters. The van der Waals surface area contributed by atoms with E-state index in [-0.39, 0.29) is 18.3 Å². The predicted molar refractivity (Wildman–Crippen MR) is 88.8 cm³/mol. The Hall–Kier alpha value is -3.02. The molecule has 0 spiro atoms. The molecular formula is C18H18N2O4. The van der Waals surface area contributed by atoms with Gasteiger partial charge in [-0.15, -0.1) is 0 Å². The zero-order chi connectivity index (χ0) is 17.4. The van der Waals surface area contributed by atoms with Gasteiger partial charge >= 0.3 is 5.97 Å². The van der Waals surface area contributed by atoms with E-state index in [0.29, 0.717) is 23.2 Å². The van der Waals surface area contributed by atoms with Crippen molar-refractivity contribution in [3.05, 3.63) is 59.9 Å². The van der Waals surface area contributed by atoms with Gasteiger partial charge in [0.1, 0.15) is 0 Å². The molecule has 2 aromatic rings. The zero-order valence-corrected chi connectivity index (χ0v) is 13.3. The molecule has 1 aromatic heterocycles. The number of benzene rings is 1. The van der Waals surface area contributed by atoms with Gasteiger partial charge in [-0.2, -0.15) is 0 Å². The first-order chi connectivity index (χ1) is 11.6. The minimum absolute atomic E-state index is 0.0676. The van der Waals surface area contributed by atoms with Gasteiger partial charge in [0, 0.05) is 30.1 Å². The molecule has 1 heterocycles. The van der Waals surface area contributed by atoms with Crippen LogP contribution in [0.4, 0.5) is 5.69 Å². The van der Waals surface area contributed by atoms with Crippen LogP contribution in [-0.2, 0) is 9.53 Å². The summed E-state index contributed by atoms with van der Waals surface area (Å²) < 4.78 is 4.97. The first kappa shape index (κ1) is 17.3. The number of aromatic nitrogens is 1. The quantitative estimate of drug-likeness (QED) is 0.624. The molecule has 0 radical (unpaired) electrons. The summed E-state index contributed by atoms with van der Waals surface area (Å²) >= 11 is 0. The molecule has 0 saturated carbocycles. The SMILES string of the molecule is CCCC(=O)Nc1ccc(C(=O)COC(=O)c2cccnc2)cc1. The summed E-state index contributed by atoms with van der Waals surface area (Å²) in [7, 11) is 0. The summed E-state index contributed by atoms with van der Waals surface area (Å²) in [5.41, 5.74) is 1.32. The van der Waals surface area contributed by atoms with Crippen molar-refractivity contribution in [2.45, 2.75) is 19.8 Å². The van der Waals surface area contributed by atoms with Gasteiger partial charge in [-0.1, -0.05) is 6.92 Å². The van der Waals surface area contributed by atoms with Gasteiger partial charge in [0.2, 0.25) is 5.91 Å². The van der Waals surface area contributed by atoms with Gasteiger partial charge in [-0.3, -0.25) is 14.6 Å². The van der Waals surface area contributed by atoms with Crippen LogP contribution in [-0.4, -0.2) is 29.3 Å². The summed E-state index contributed by atoms with van der Waals surface area (Å²) in [5, 5.41) is 2.74. The molecule has 1 N–H and O–H groups in total. The minimum Gasteiger partial charge on any atom is -0.454 e. The van der Waals surface area contributed by atoms with E-state index in [1.54, 1.807) is 42.6 Å². The third-order valence-corrected chi connectivity index (χ3v) is 3.20. The van der Waals surface area contributed by atoms with Gasteiger partial charge in [-0.05, 0) is 42.8 Å². The number of Topliss-reactive ketones (excluding diaryl/α,β-unsaturated/α-hetero) is 1. The number of anilines is 1. The third kappa shape index (κ3) is 5.01. The largest absolute Gasteiger partial charge is 0.454 e. The minimum atomic E-state index is -0.597. The van der Waals surface area contributed by atoms with Crippen molar-refractivity contribution in [2.75, 3.05) is 11.9 Å². The number of esters is 1. The second-order valence-electron chi connectivity index (χ2n) is 5.12. The molecule has 0 fully saturated rings. The Morgan fingerprint density at radius 3 is 2.46 bits per heavy atom. The maximum atomic E-state index is 12.0. The molecule has 0 bridgehead atoms. The fourth-order valence-corrected chi connectivity index (χ4v) is 1.97. The number of hydrogen-bond donors (Lipinski definition) is 1. The Morgan fingerprint density at radius 1 is 1.08 bits per heavy atom. The number of hydrogen-bond acceptors (Lipinski definition) is 5. The van der Waals surface area contributed by atoms with Crippen LogP contribution in [0.1, 0.15) is 40.5 Å². The van der Waals surface area contributed by atoms with Gasteiger partial charge in [-0.25, -0.2) is 4.79 Å². The van der Waals surface area contributed by atoms with E-state index < -0.39 is 5.97 Å². The van der Waals surface area contributed by atoms with E-state index in [2.05, 4.69) is 10.3 Å². The molecule has 1 aromatic carbocycles. The van der Waals surface area contributed by atoms with Gasteiger partial charge in [0.15, 0.2) is 12.4 Å². The number of carbonyl (C=O) groups is 3. The molecule has 0 aliphatic heterocycles. The monoisotopic (exact) mass is 326 g/mol. The van der Waals surface area contributed by atoms with Crippen molar-refractivity contribution in [2.24, 2.45) is 0 Å². The fourth-order valence-electron chi connectivity index (χ4n) is 1.97. The molecule has 24 heavy (non-hydrogen) atoms. The summed E-state index contributed by atoms with van der Waals surface area (Å²) in [6, 6.07) is 9.63. The number of ether oxygens (including phenoxy) is 1. The molecule has 124 valence electrons. The Kier molecular flexibility index (Phi) is 6.19. The molecule has 6 heteroatoms. The molecule has 0 aliphatic carbocycles. The number of nitrogens with zero attached hydrogens (tertiary/aromatic N) is 1. The van der Waals surface area contributed by atoms with Gasteiger partial charge < -0.3 is 10.1 Å². The van der Waals surface area contributed by atoms with Crippen LogP contribution in [0, 0.1) is 0 Å². The smallest absolute Gasteiger partial charge is 0.340 e. The van der Waals surface area contributed by atoms with E-state index in [1.807, 2.05) is 6.92 Å².